The Bertz CT molecular complexity index is 332. The van der Waals surface area contributed by atoms with E-state index in [1.54, 1.807) is 0 Å². The number of carbonyl (C=O) groups is 1. The summed E-state index contributed by atoms with van der Waals surface area (Å²) in [6.07, 6.45) is 6.36. The van der Waals surface area contributed by atoms with Crippen molar-refractivity contribution in [2.45, 2.75) is 58.5 Å². The molecule has 0 aromatic rings. The molecule has 1 saturated heterocycles. The van der Waals surface area contributed by atoms with Crippen LogP contribution in [0.4, 0.5) is 4.79 Å². The van der Waals surface area contributed by atoms with Crippen molar-refractivity contribution in [3.63, 3.8) is 0 Å². The summed E-state index contributed by atoms with van der Waals surface area (Å²) in [5.74, 6) is 1.99. The Morgan fingerprint density at radius 2 is 1.90 bits per heavy atom. The molecule has 0 spiro atoms. The summed E-state index contributed by atoms with van der Waals surface area (Å²) in [6, 6.07) is 0. The first kappa shape index (κ1) is 15.6. The van der Waals surface area contributed by atoms with E-state index in [1.165, 1.54) is 25.7 Å². The lowest BCUT2D eigenvalue weighted by Crippen LogP contribution is -2.49. The Morgan fingerprint density at radius 3 is 2.45 bits per heavy atom. The lowest BCUT2D eigenvalue weighted by molar-refractivity contribution is 0.00607. The molecule has 0 bridgehead atoms. The zero-order chi connectivity index (χ0) is 14.8. The Hall–Kier alpha value is -0.770. The number of hydrogen-bond donors (Lipinski definition) is 1. The molecule has 2 aliphatic rings. The predicted octanol–water partition coefficient (Wildman–Crippen LogP) is 3.01. The van der Waals surface area contributed by atoms with Crippen molar-refractivity contribution in [1.29, 1.82) is 0 Å². The first-order chi connectivity index (χ1) is 9.40. The molecule has 20 heavy (non-hydrogen) atoms. The maximum atomic E-state index is 12.2. The highest BCUT2D eigenvalue weighted by Gasteiger charge is 2.37. The summed E-state index contributed by atoms with van der Waals surface area (Å²) in [6.45, 7) is 8.02. The van der Waals surface area contributed by atoms with Crippen LogP contribution < -0.4 is 5.73 Å². The van der Waals surface area contributed by atoms with E-state index in [9.17, 15) is 4.79 Å². The van der Waals surface area contributed by atoms with Crippen molar-refractivity contribution >= 4 is 6.09 Å². The maximum Gasteiger partial charge on any atom is 0.410 e. The van der Waals surface area contributed by atoms with Crippen LogP contribution in [0.5, 0.6) is 0 Å². The molecular formula is C16H30N2O2. The third kappa shape index (κ3) is 3.87. The Kier molecular flexibility index (Phi) is 4.95. The van der Waals surface area contributed by atoms with Crippen LogP contribution in [-0.2, 0) is 4.74 Å². The van der Waals surface area contributed by atoms with Crippen LogP contribution in [0.3, 0.4) is 0 Å². The Labute approximate surface area is 123 Å². The molecule has 2 unspecified atom stereocenters. The van der Waals surface area contributed by atoms with Crippen LogP contribution in [-0.4, -0.2) is 36.2 Å². The molecule has 0 radical (unpaired) electrons. The number of nitrogens with zero attached hydrogens (tertiary/aromatic N) is 1. The fraction of sp³-hybridized carbons (Fsp3) is 0.938. The van der Waals surface area contributed by atoms with Gasteiger partial charge in [-0.1, -0.05) is 25.7 Å². The van der Waals surface area contributed by atoms with E-state index >= 15 is 0 Å². The van der Waals surface area contributed by atoms with Gasteiger partial charge in [-0.2, -0.15) is 0 Å². The van der Waals surface area contributed by atoms with Gasteiger partial charge in [0, 0.05) is 13.1 Å². The number of nitrogens with two attached hydrogens (primary N) is 1. The second-order valence-corrected chi connectivity index (χ2v) is 7.42. The SMILES string of the molecule is CC(C)(C)OC(=O)N1CCC(C2CCCC2)C(CN)C1. The average molecular weight is 282 g/mol. The quantitative estimate of drug-likeness (QED) is 0.847. The molecule has 2 atom stereocenters. The maximum absolute atomic E-state index is 12.2. The third-order valence-electron chi connectivity index (χ3n) is 4.75. The van der Waals surface area contributed by atoms with Crippen molar-refractivity contribution in [2.75, 3.05) is 19.6 Å². The van der Waals surface area contributed by atoms with E-state index in [-0.39, 0.29) is 6.09 Å². The van der Waals surface area contributed by atoms with Crippen molar-refractivity contribution < 1.29 is 9.53 Å². The van der Waals surface area contributed by atoms with Crippen LogP contribution in [0.1, 0.15) is 52.9 Å². The van der Waals surface area contributed by atoms with E-state index in [1.807, 2.05) is 25.7 Å². The molecule has 0 aromatic heterocycles. The number of rotatable bonds is 2. The van der Waals surface area contributed by atoms with Crippen LogP contribution in [0.2, 0.25) is 0 Å². The Morgan fingerprint density at radius 1 is 1.25 bits per heavy atom. The highest BCUT2D eigenvalue weighted by molar-refractivity contribution is 5.68. The van der Waals surface area contributed by atoms with Gasteiger partial charge < -0.3 is 15.4 Å². The third-order valence-corrected chi connectivity index (χ3v) is 4.75. The van der Waals surface area contributed by atoms with E-state index in [0.717, 1.165) is 25.4 Å². The summed E-state index contributed by atoms with van der Waals surface area (Å²) >= 11 is 0. The van der Waals surface area contributed by atoms with E-state index in [4.69, 9.17) is 10.5 Å². The van der Waals surface area contributed by atoms with Gasteiger partial charge in [0.05, 0.1) is 0 Å². The topological polar surface area (TPSA) is 55.6 Å². The zero-order valence-electron chi connectivity index (χ0n) is 13.2. The van der Waals surface area contributed by atoms with Gasteiger partial charge in [-0.15, -0.1) is 0 Å². The number of piperidine rings is 1. The van der Waals surface area contributed by atoms with Crippen molar-refractivity contribution in [3.05, 3.63) is 0 Å². The highest BCUT2D eigenvalue weighted by atomic mass is 16.6. The molecule has 2 rings (SSSR count). The zero-order valence-corrected chi connectivity index (χ0v) is 13.2. The predicted molar refractivity (Wildman–Crippen MR) is 80.4 cm³/mol. The summed E-state index contributed by atoms with van der Waals surface area (Å²) in [7, 11) is 0. The van der Waals surface area contributed by atoms with E-state index < -0.39 is 5.60 Å². The molecule has 1 aliphatic carbocycles. The minimum atomic E-state index is -0.419. The van der Waals surface area contributed by atoms with Gasteiger partial charge in [-0.3, -0.25) is 0 Å². The van der Waals surface area contributed by atoms with Gasteiger partial charge >= 0.3 is 6.09 Å². The van der Waals surface area contributed by atoms with Crippen LogP contribution in [0.15, 0.2) is 0 Å². The van der Waals surface area contributed by atoms with Crippen molar-refractivity contribution in [1.82, 2.24) is 4.90 Å². The van der Waals surface area contributed by atoms with Crippen LogP contribution in [0, 0.1) is 17.8 Å². The number of ether oxygens (including phenoxy) is 1. The van der Waals surface area contributed by atoms with Crippen molar-refractivity contribution in [3.8, 4) is 0 Å². The van der Waals surface area contributed by atoms with Gasteiger partial charge in [-0.05, 0) is 51.5 Å². The number of carbonyl (C=O) groups excluding carboxylic acids is 1. The molecule has 1 heterocycles. The summed E-state index contributed by atoms with van der Waals surface area (Å²) in [4.78, 5) is 14.0. The average Bonchev–Trinajstić information content (AvgIpc) is 2.89. The number of amides is 1. The number of likely N-dealkylation sites (tertiary alicyclic amines) is 1. The molecule has 2 fully saturated rings. The fourth-order valence-corrected chi connectivity index (χ4v) is 3.80. The highest BCUT2D eigenvalue weighted by Crippen LogP contribution is 2.39. The Balaban J connectivity index is 1.92. The van der Waals surface area contributed by atoms with Gasteiger partial charge in [0.15, 0.2) is 0 Å². The lowest BCUT2D eigenvalue weighted by Gasteiger charge is -2.41. The lowest BCUT2D eigenvalue weighted by atomic mass is 9.76. The second kappa shape index (κ2) is 6.33. The first-order valence-corrected chi connectivity index (χ1v) is 8.08. The van der Waals surface area contributed by atoms with Gasteiger partial charge in [-0.25, -0.2) is 4.79 Å². The second-order valence-electron chi connectivity index (χ2n) is 7.42. The molecule has 4 heteroatoms. The van der Waals surface area contributed by atoms with Gasteiger partial charge in [0.25, 0.3) is 0 Å². The summed E-state index contributed by atoms with van der Waals surface area (Å²) in [5.41, 5.74) is 5.55. The molecule has 1 amide bonds. The molecule has 2 N–H and O–H groups in total. The minimum Gasteiger partial charge on any atom is -0.444 e. The first-order valence-electron chi connectivity index (χ1n) is 8.08. The number of hydrogen-bond acceptors (Lipinski definition) is 3. The van der Waals surface area contributed by atoms with Crippen molar-refractivity contribution in [2.24, 2.45) is 23.5 Å². The van der Waals surface area contributed by atoms with Crippen LogP contribution >= 0.6 is 0 Å². The molecular weight excluding hydrogens is 252 g/mol. The minimum absolute atomic E-state index is 0.180. The molecule has 4 nitrogen and oxygen atoms in total. The molecule has 0 aromatic carbocycles. The van der Waals surface area contributed by atoms with E-state index in [2.05, 4.69) is 0 Å². The fourth-order valence-electron chi connectivity index (χ4n) is 3.80. The molecule has 116 valence electrons. The van der Waals surface area contributed by atoms with Crippen LogP contribution in [0.25, 0.3) is 0 Å². The van der Waals surface area contributed by atoms with Gasteiger partial charge in [0.1, 0.15) is 5.60 Å². The normalized spacial score (nSPS) is 28.7. The van der Waals surface area contributed by atoms with Gasteiger partial charge in [0.2, 0.25) is 0 Å². The summed E-state index contributed by atoms with van der Waals surface area (Å²) < 4.78 is 5.48. The smallest absolute Gasteiger partial charge is 0.410 e. The standard InChI is InChI=1S/C16H30N2O2/c1-16(2,3)20-15(19)18-9-8-14(13(10-17)11-18)12-6-4-5-7-12/h12-14H,4-11,17H2,1-3H3. The monoisotopic (exact) mass is 282 g/mol. The molecule has 1 saturated carbocycles. The largest absolute Gasteiger partial charge is 0.444 e. The molecule has 1 aliphatic heterocycles. The summed E-state index contributed by atoms with van der Waals surface area (Å²) in [5, 5.41) is 0. The van der Waals surface area contributed by atoms with E-state index in [0.29, 0.717) is 18.4 Å².